The van der Waals surface area contributed by atoms with Crippen LogP contribution >= 0.6 is 0 Å². The number of aliphatic carboxylic acids is 1. The molecule has 2 aromatic rings. The molecule has 0 saturated heterocycles. The minimum Gasteiger partial charge on any atom is -0.481 e. The maximum absolute atomic E-state index is 12.2. The monoisotopic (exact) mass is 419 g/mol. The molecule has 2 aromatic carbocycles. The van der Waals surface area contributed by atoms with Gasteiger partial charge >= 0.3 is 5.97 Å². The van der Waals surface area contributed by atoms with Crippen molar-refractivity contribution in [3.63, 3.8) is 0 Å². The van der Waals surface area contributed by atoms with E-state index in [4.69, 9.17) is 0 Å². The van der Waals surface area contributed by atoms with E-state index in [1.165, 1.54) is 43.2 Å². The second-order valence-electron chi connectivity index (χ2n) is 9.31. The van der Waals surface area contributed by atoms with Crippen molar-refractivity contribution in [2.45, 2.75) is 50.5 Å². The van der Waals surface area contributed by atoms with Crippen LogP contribution in [0.4, 0.5) is 5.69 Å². The molecule has 3 aliphatic rings. The van der Waals surface area contributed by atoms with E-state index in [1.54, 1.807) is 0 Å². The van der Waals surface area contributed by atoms with Crippen molar-refractivity contribution in [1.29, 1.82) is 0 Å². The Hall–Kier alpha value is -2.66. The predicted molar refractivity (Wildman–Crippen MR) is 119 cm³/mol. The van der Waals surface area contributed by atoms with E-state index in [9.17, 15) is 19.8 Å². The number of nitrogens with zero attached hydrogens (tertiary/aromatic N) is 1. The molecule has 0 radical (unpaired) electrons. The van der Waals surface area contributed by atoms with Crippen molar-refractivity contribution >= 4 is 17.4 Å². The van der Waals surface area contributed by atoms with Crippen LogP contribution in [0.2, 0.25) is 0 Å². The van der Waals surface area contributed by atoms with Gasteiger partial charge in [-0.2, -0.15) is 0 Å². The number of carboxylic acids is 1. The fourth-order valence-electron chi connectivity index (χ4n) is 6.17. The molecule has 162 valence electrons. The zero-order chi connectivity index (χ0) is 21.5. The van der Waals surface area contributed by atoms with Gasteiger partial charge in [0.05, 0.1) is 12.0 Å². The lowest BCUT2D eigenvalue weighted by molar-refractivity contribution is -0.141. The van der Waals surface area contributed by atoms with Crippen molar-refractivity contribution < 1.29 is 19.8 Å². The van der Waals surface area contributed by atoms with Crippen LogP contribution in [0.3, 0.4) is 0 Å². The third-order valence-electron chi connectivity index (χ3n) is 7.60. The molecule has 0 aromatic heterocycles. The summed E-state index contributed by atoms with van der Waals surface area (Å²) in [4.78, 5) is 26.6. The average Bonchev–Trinajstić information content (AvgIpc) is 3.01. The number of aliphatic hydroxyl groups excluding tert-OH is 1. The number of fused-ring (bicyclic) bond motifs is 5. The summed E-state index contributed by atoms with van der Waals surface area (Å²) < 4.78 is 0. The van der Waals surface area contributed by atoms with Crippen LogP contribution in [-0.2, 0) is 11.2 Å². The molecule has 0 amide bonds. The van der Waals surface area contributed by atoms with Gasteiger partial charge in [0.25, 0.3) is 0 Å². The summed E-state index contributed by atoms with van der Waals surface area (Å²) in [5.41, 5.74) is 5.06. The number of hydrogen-bond donors (Lipinski definition) is 2. The number of Topliss-reactive ketones (excluding diaryl/α,β-unsaturated/α-hetero) is 1. The van der Waals surface area contributed by atoms with Crippen molar-refractivity contribution in [1.82, 2.24) is 0 Å². The number of carbonyl (C=O) groups is 2. The molecular formula is C26H29NO4. The number of carbonyl (C=O) groups excluding carboxylic acids is 1. The normalized spacial score (nSPS) is 25.3. The molecule has 0 spiro atoms. The van der Waals surface area contributed by atoms with Gasteiger partial charge in [0.15, 0.2) is 5.78 Å². The van der Waals surface area contributed by atoms with Gasteiger partial charge in [0.2, 0.25) is 0 Å². The van der Waals surface area contributed by atoms with Gasteiger partial charge in [-0.1, -0.05) is 55.7 Å². The second-order valence-corrected chi connectivity index (χ2v) is 9.31. The van der Waals surface area contributed by atoms with Crippen molar-refractivity contribution in [2.24, 2.45) is 11.8 Å². The number of hydrogen-bond acceptors (Lipinski definition) is 4. The van der Waals surface area contributed by atoms with Gasteiger partial charge in [0.1, 0.15) is 6.61 Å². The van der Waals surface area contributed by atoms with Crippen LogP contribution in [0.5, 0.6) is 0 Å². The smallest absolute Gasteiger partial charge is 0.308 e. The second kappa shape index (κ2) is 8.12. The highest BCUT2D eigenvalue weighted by molar-refractivity contribution is 5.98. The van der Waals surface area contributed by atoms with E-state index in [2.05, 4.69) is 29.2 Å². The van der Waals surface area contributed by atoms with Crippen LogP contribution in [0.1, 0.15) is 71.1 Å². The summed E-state index contributed by atoms with van der Waals surface area (Å²) in [6.45, 7) is -0.0868. The summed E-state index contributed by atoms with van der Waals surface area (Å²) in [6, 6.07) is 14.2. The quantitative estimate of drug-likeness (QED) is 0.721. The Morgan fingerprint density at radius 2 is 1.77 bits per heavy atom. The number of ketones is 1. The first-order valence-corrected chi connectivity index (χ1v) is 11.4. The maximum atomic E-state index is 12.2. The predicted octanol–water partition coefficient (Wildman–Crippen LogP) is 4.34. The molecule has 1 aliphatic carbocycles. The minimum absolute atomic E-state index is 0.0955. The molecule has 2 aliphatic heterocycles. The third kappa shape index (κ3) is 3.45. The van der Waals surface area contributed by atoms with Gasteiger partial charge in [-0.05, 0) is 47.9 Å². The summed E-state index contributed by atoms with van der Waals surface area (Å²) in [5, 5.41) is 19.3. The van der Waals surface area contributed by atoms with Gasteiger partial charge in [0, 0.05) is 23.7 Å². The van der Waals surface area contributed by atoms with E-state index in [0.29, 0.717) is 30.4 Å². The molecule has 5 heteroatoms. The fraction of sp³-hybridized carbons (Fsp3) is 0.462. The number of benzene rings is 2. The lowest BCUT2D eigenvalue weighted by atomic mass is 9.72. The van der Waals surface area contributed by atoms with Crippen LogP contribution < -0.4 is 4.90 Å². The van der Waals surface area contributed by atoms with Crippen LogP contribution in [-0.4, -0.2) is 35.1 Å². The van der Waals surface area contributed by atoms with E-state index < -0.39 is 18.5 Å². The number of anilines is 1. The SMILES string of the molecule is O=C(CO)c1ccc2c(c1)N1CC(C(=O)O)Cc3ccccc3C1C2C1CCCCC1. The van der Waals surface area contributed by atoms with Gasteiger partial charge in [-0.25, -0.2) is 0 Å². The Bertz CT molecular complexity index is 1010. The Kier molecular flexibility index (Phi) is 5.30. The van der Waals surface area contributed by atoms with Crippen LogP contribution in [0, 0.1) is 11.8 Å². The summed E-state index contributed by atoms with van der Waals surface area (Å²) in [6.07, 6.45) is 6.67. The average molecular weight is 420 g/mol. The number of rotatable bonds is 4. The first-order chi connectivity index (χ1) is 15.1. The molecule has 1 fully saturated rings. The topological polar surface area (TPSA) is 77.8 Å². The first kappa shape index (κ1) is 20.3. The lowest BCUT2D eigenvalue weighted by Crippen LogP contribution is -2.34. The molecule has 0 bridgehead atoms. The minimum atomic E-state index is -0.777. The first-order valence-electron chi connectivity index (χ1n) is 11.4. The maximum Gasteiger partial charge on any atom is 0.308 e. The van der Waals surface area contributed by atoms with Gasteiger partial charge in [-0.15, -0.1) is 0 Å². The molecule has 3 atom stereocenters. The van der Waals surface area contributed by atoms with Crippen LogP contribution in [0.15, 0.2) is 42.5 Å². The Balaban J connectivity index is 1.68. The largest absolute Gasteiger partial charge is 0.481 e. The molecule has 2 heterocycles. The van der Waals surface area contributed by atoms with E-state index in [0.717, 1.165) is 11.3 Å². The van der Waals surface area contributed by atoms with E-state index in [1.807, 2.05) is 18.2 Å². The molecule has 31 heavy (non-hydrogen) atoms. The summed E-state index contributed by atoms with van der Waals surface area (Å²) in [7, 11) is 0. The van der Waals surface area contributed by atoms with Crippen molar-refractivity contribution in [3.8, 4) is 0 Å². The fourth-order valence-corrected chi connectivity index (χ4v) is 6.17. The van der Waals surface area contributed by atoms with Gasteiger partial charge in [-0.3, -0.25) is 9.59 Å². The Morgan fingerprint density at radius 1 is 1.00 bits per heavy atom. The molecule has 1 saturated carbocycles. The van der Waals surface area contributed by atoms with Gasteiger partial charge < -0.3 is 15.1 Å². The number of aliphatic hydroxyl groups is 1. The van der Waals surface area contributed by atoms with E-state index >= 15 is 0 Å². The Labute approximate surface area is 182 Å². The Morgan fingerprint density at radius 3 is 2.52 bits per heavy atom. The highest BCUT2D eigenvalue weighted by Crippen LogP contribution is 2.56. The highest BCUT2D eigenvalue weighted by Gasteiger charge is 2.47. The van der Waals surface area contributed by atoms with Crippen LogP contribution in [0.25, 0.3) is 0 Å². The molecule has 5 nitrogen and oxygen atoms in total. The summed E-state index contributed by atoms with van der Waals surface area (Å²) in [5.74, 6) is -0.730. The summed E-state index contributed by atoms with van der Waals surface area (Å²) >= 11 is 0. The number of carboxylic acid groups (broad SMARTS) is 1. The van der Waals surface area contributed by atoms with Crippen molar-refractivity contribution in [2.75, 3.05) is 18.1 Å². The zero-order valence-electron chi connectivity index (χ0n) is 17.7. The van der Waals surface area contributed by atoms with Crippen molar-refractivity contribution in [3.05, 3.63) is 64.7 Å². The molecule has 2 N–H and O–H groups in total. The molecule has 5 rings (SSSR count). The third-order valence-corrected chi connectivity index (χ3v) is 7.60. The standard InChI is InChI=1S/C26H29NO4/c28-15-23(29)18-10-11-21-22(13-18)27-14-19(26(30)31)12-17-8-4-5-9-20(17)25(27)24(21)16-6-2-1-3-7-16/h4-5,8-11,13,16,19,24-25,28H,1-3,6-7,12,14-15H2,(H,30,31). The zero-order valence-corrected chi connectivity index (χ0v) is 17.7. The molecule has 3 unspecified atom stereocenters. The molecular weight excluding hydrogens is 390 g/mol. The van der Waals surface area contributed by atoms with E-state index in [-0.39, 0.29) is 11.8 Å². The highest BCUT2D eigenvalue weighted by atomic mass is 16.4. The lowest BCUT2D eigenvalue weighted by Gasteiger charge is -2.36.